The summed E-state index contributed by atoms with van der Waals surface area (Å²) in [6.45, 7) is 4.33. The molecule has 1 aliphatic heterocycles. The third-order valence-corrected chi connectivity index (χ3v) is 5.37. The van der Waals surface area contributed by atoms with Crippen molar-refractivity contribution in [2.45, 2.75) is 52.6 Å². The molecule has 25 heavy (non-hydrogen) atoms. The van der Waals surface area contributed by atoms with Gasteiger partial charge >= 0.3 is 5.97 Å². The number of nitrogens with zero attached hydrogens (tertiary/aromatic N) is 1. The van der Waals surface area contributed by atoms with E-state index in [1.54, 1.807) is 0 Å². The van der Waals surface area contributed by atoms with E-state index in [0.717, 1.165) is 42.4 Å². The number of carbonyl (C=O) groups excluding carboxylic acids is 3. The summed E-state index contributed by atoms with van der Waals surface area (Å²) in [6, 6.07) is 6.02. The summed E-state index contributed by atoms with van der Waals surface area (Å²) in [6.07, 6.45) is 3.66. The molecule has 134 valence electrons. The van der Waals surface area contributed by atoms with E-state index in [1.807, 2.05) is 32.0 Å². The van der Waals surface area contributed by atoms with Crippen LogP contribution in [-0.2, 0) is 25.7 Å². The molecule has 2 aliphatic rings. The molecule has 0 N–H and O–H groups in total. The van der Waals surface area contributed by atoms with E-state index in [4.69, 9.17) is 4.74 Å². The summed E-state index contributed by atoms with van der Waals surface area (Å²) in [5.74, 6) is -0.898. The van der Waals surface area contributed by atoms with Gasteiger partial charge in [-0.05, 0) is 37.8 Å². The maximum Gasteiger partial charge on any atom is 0.307 e. The van der Waals surface area contributed by atoms with Gasteiger partial charge in [-0.15, -0.1) is 0 Å². The third kappa shape index (κ3) is 3.75. The Morgan fingerprint density at radius 3 is 2.40 bits per heavy atom. The van der Waals surface area contributed by atoms with E-state index < -0.39 is 0 Å². The van der Waals surface area contributed by atoms with Crippen LogP contribution in [0, 0.1) is 25.7 Å². The molecule has 1 aromatic rings. The topological polar surface area (TPSA) is 63.7 Å². The second kappa shape index (κ2) is 7.38. The maximum atomic E-state index is 12.4. The fraction of sp³-hybridized carbons (Fsp3) is 0.550. The summed E-state index contributed by atoms with van der Waals surface area (Å²) >= 11 is 0. The van der Waals surface area contributed by atoms with Gasteiger partial charge in [0, 0.05) is 6.54 Å². The van der Waals surface area contributed by atoms with E-state index in [-0.39, 0.29) is 49.2 Å². The molecular formula is C20H25NO4. The molecular weight excluding hydrogens is 318 g/mol. The molecule has 2 atom stereocenters. The Morgan fingerprint density at radius 1 is 1.12 bits per heavy atom. The van der Waals surface area contributed by atoms with Crippen LogP contribution in [0.5, 0.6) is 0 Å². The quantitative estimate of drug-likeness (QED) is 0.609. The summed E-state index contributed by atoms with van der Waals surface area (Å²) in [7, 11) is 0. The number of hydrogen-bond donors (Lipinski definition) is 0. The number of fused-ring (bicyclic) bond motifs is 1. The summed E-state index contributed by atoms with van der Waals surface area (Å²) in [5, 5.41) is 0. The molecule has 3 rings (SSSR count). The first-order valence-corrected chi connectivity index (χ1v) is 9.04. The van der Waals surface area contributed by atoms with E-state index >= 15 is 0 Å². The minimum Gasteiger partial charge on any atom is -0.461 e. The molecule has 0 aromatic heterocycles. The number of aryl methyl sites for hydroxylation is 2. The van der Waals surface area contributed by atoms with Gasteiger partial charge < -0.3 is 4.74 Å². The van der Waals surface area contributed by atoms with E-state index in [9.17, 15) is 14.4 Å². The van der Waals surface area contributed by atoms with Gasteiger partial charge in [0.25, 0.3) is 0 Å². The highest BCUT2D eigenvalue weighted by Crippen LogP contribution is 2.37. The first-order chi connectivity index (χ1) is 12.0. The van der Waals surface area contributed by atoms with Crippen molar-refractivity contribution in [3.05, 3.63) is 34.9 Å². The van der Waals surface area contributed by atoms with Crippen LogP contribution in [0.1, 0.15) is 48.8 Å². The van der Waals surface area contributed by atoms with Crippen LogP contribution in [0.25, 0.3) is 0 Å². The Balaban J connectivity index is 1.51. The fourth-order valence-corrected chi connectivity index (χ4v) is 3.84. The van der Waals surface area contributed by atoms with Crippen molar-refractivity contribution in [3.63, 3.8) is 0 Å². The molecule has 0 radical (unpaired) electrons. The molecule has 2 amide bonds. The number of amides is 2. The predicted octanol–water partition coefficient (Wildman–Crippen LogP) is 2.91. The highest BCUT2D eigenvalue weighted by Gasteiger charge is 2.47. The summed E-state index contributed by atoms with van der Waals surface area (Å²) in [4.78, 5) is 38.1. The van der Waals surface area contributed by atoms with Crippen LogP contribution >= 0.6 is 0 Å². The van der Waals surface area contributed by atoms with E-state index in [1.165, 1.54) is 4.90 Å². The minimum atomic E-state index is -0.378. The lowest BCUT2D eigenvalue weighted by atomic mass is 9.81. The Labute approximate surface area is 148 Å². The molecule has 1 aliphatic carbocycles. The number of likely N-dealkylation sites (tertiary alicyclic amines) is 1. The molecule has 0 bridgehead atoms. The first-order valence-electron chi connectivity index (χ1n) is 9.04. The van der Waals surface area contributed by atoms with Crippen molar-refractivity contribution in [1.29, 1.82) is 0 Å². The van der Waals surface area contributed by atoms with E-state index in [2.05, 4.69) is 0 Å². The fourth-order valence-electron chi connectivity index (χ4n) is 3.84. The smallest absolute Gasteiger partial charge is 0.307 e. The molecule has 5 heteroatoms. The highest BCUT2D eigenvalue weighted by atomic mass is 16.5. The van der Waals surface area contributed by atoms with Gasteiger partial charge in [0.15, 0.2) is 0 Å². The zero-order valence-corrected chi connectivity index (χ0v) is 14.9. The molecule has 1 heterocycles. The van der Waals surface area contributed by atoms with Gasteiger partial charge in [0.1, 0.15) is 6.61 Å². The maximum absolute atomic E-state index is 12.4. The van der Waals surface area contributed by atoms with Gasteiger partial charge in [0.2, 0.25) is 11.8 Å². The number of imide groups is 1. The molecule has 0 unspecified atom stereocenters. The van der Waals surface area contributed by atoms with Gasteiger partial charge in [-0.25, -0.2) is 0 Å². The lowest BCUT2D eigenvalue weighted by molar-refractivity contribution is -0.146. The largest absolute Gasteiger partial charge is 0.461 e. The van der Waals surface area contributed by atoms with Gasteiger partial charge in [0.05, 0.1) is 18.3 Å². The van der Waals surface area contributed by atoms with E-state index in [0.29, 0.717) is 0 Å². The minimum absolute atomic E-state index is 0.0573. The van der Waals surface area contributed by atoms with Crippen LogP contribution in [0.15, 0.2) is 18.2 Å². The SMILES string of the molecule is Cc1ccc(C)c(COC(=O)CCN2C(=O)[C@@H]3CCCC[C@H]3C2=O)c1. The van der Waals surface area contributed by atoms with Crippen molar-refractivity contribution < 1.29 is 19.1 Å². The lowest BCUT2D eigenvalue weighted by Crippen LogP contribution is -2.33. The van der Waals surface area contributed by atoms with Crippen LogP contribution in [0.4, 0.5) is 0 Å². The van der Waals surface area contributed by atoms with Crippen LogP contribution in [-0.4, -0.2) is 29.2 Å². The number of carbonyl (C=O) groups is 3. The Kier molecular flexibility index (Phi) is 5.21. The second-order valence-corrected chi connectivity index (χ2v) is 7.17. The van der Waals surface area contributed by atoms with Crippen molar-refractivity contribution >= 4 is 17.8 Å². The van der Waals surface area contributed by atoms with Crippen LogP contribution in [0.2, 0.25) is 0 Å². The van der Waals surface area contributed by atoms with Crippen LogP contribution in [0.3, 0.4) is 0 Å². The Bertz CT molecular complexity index is 673. The van der Waals surface area contributed by atoms with Crippen molar-refractivity contribution in [2.24, 2.45) is 11.8 Å². The second-order valence-electron chi connectivity index (χ2n) is 7.17. The standard InChI is InChI=1S/C20H25NO4/c1-13-7-8-14(2)15(11-13)12-25-18(22)9-10-21-19(23)16-5-3-4-6-17(16)20(21)24/h7-8,11,16-17H,3-6,9-10,12H2,1-2H3/t16-,17-/m1/s1. The zero-order chi connectivity index (χ0) is 18.0. The van der Waals surface area contributed by atoms with Crippen molar-refractivity contribution in [1.82, 2.24) is 4.90 Å². The number of rotatable bonds is 5. The molecule has 1 saturated heterocycles. The van der Waals surface area contributed by atoms with Crippen LogP contribution < -0.4 is 0 Å². The van der Waals surface area contributed by atoms with Crippen molar-refractivity contribution in [3.8, 4) is 0 Å². The summed E-state index contributed by atoms with van der Waals surface area (Å²) < 4.78 is 5.32. The third-order valence-electron chi connectivity index (χ3n) is 5.37. The number of hydrogen-bond acceptors (Lipinski definition) is 4. The first kappa shape index (κ1) is 17.6. The molecule has 0 spiro atoms. The summed E-state index contributed by atoms with van der Waals surface area (Å²) in [5.41, 5.74) is 3.17. The lowest BCUT2D eigenvalue weighted by Gasteiger charge is -2.19. The predicted molar refractivity (Wildman–Crippen MR) is 92.5 cm³/mol. The monoisotopic (exact) mass is 343 g/mol. The average Bonchev–Trinajstić information content (AvgIpc) is 2.85. The number of esters is 1. The Hall–Kier alpha value is -2.17. The number of benzene rings is 1. The molecule has 1 aromatic carbocycles. The van der Waals surface area contributed by atoms with Gasteiger partial charge in [-0.2, -0.15) is 0 Å². The van der Waals surface area contributed by atoms with Gasteiger partial charge in [-0.1, -0.05) is 36.6 Å². The number of ether oxygens (including phenoxy) is 1. The highest BCUT2D eigenvalue weighted by molar-refractivity contribution is 6.05. The molecule has 5 nitrogen and oxygen atoms in total. The molecule has 2 fully saturated rings. The normalized spacial score (nSPS) is 22.9. The molecule has 1 saturated carbocycles. The van der Waals surface area contributed by atoms with Crippen molar-refractivity contribution in [2.75, 3.05) is 6.54 Å². The average molecular weight is 343 g/mol. The Morgan fingerprint density at radius 2 is 1.76 bits per heavy atom. The van der Waals surface area contributed by atoms with Gasteiger partial charge in [-0.3, -0.25) is 19.3 Å². The zero-order valence-electron chi connectivity index (χ0n) is 14.9.